The second-order valence-corrected chi connectivity index (χ2v) is 5.38. The molecule has 1 aliphatic rings. The number of nitrogens with one attached hydrogen (secondary N) is 1. The maximum atomic E-state index is 4.25. The molecule has 0 fully saturated rings. The molecule has 0 bridgehead atoms. The summed E-state index contributed by atoms with van der Waals surface area (Å²) < 4.78 is 2.01. The first-order chi connectivity index (χ1) is 9.81. The molecule has 1 aromatic heterocycles. The Morgan fingerprint density at radius 1 is 1.40 bits per heavy atom. The fourth-order valence-electron chi connectivity index (χ4n) is 2.59. The van der Waals surface area contributed by atoms with Gasteiger partial charge in [0.25, 0.3) is 0 Å². The highest BCUT2D eigenvalue weighted by atomic mass is 15.3. The van der Waals surface area contributed by atoms with Crippen molar-refractivity contribution >= 4 is 6.08 Å². The van der Waals surface area contributed by atoms with E-state index in [0.717, 1.165) is 31.8 Å². The summed E-state index contributed by atoms with van der Waals surface area (Å²) >= 11 is 0. The fraction of sp³-hybridized carbons (Fsp3) is 0.375. The molecule has 0 aliphatic carbocycles. The minimum atomic E-state index is 0.489. The van der Waals surface area contributed by atoms with Crippen LogP contribution < -0.4 is 5.32 Å². The number of fused-ring (bicyclic) bond motifs is 1. The molecule has 4 heteroatoms. The van der Waals surface area contributed by atoms with E-state index in [1.165, 1.54) is 11.1 Å². The van der Waals surface area contributed by atoms with E-state index in [1.54, 1.807) is 6.33 Å². The molecule has 0 amide bonds. The van der Waals surface area contributed by atoms with E-state index in [2.05, 4.69) is 52.7 Å². The normalized spacial score (nSPS) is 18.9. The van der Waals surface area contributed by atoms with E-state index in [4.69, 9.17) is 0 Å². The average molecular weight is 268 g/mol. The SMILES string of the molecule is C/C(=C\c1ccccc1)CNC1CCc2ncnn2C1. The molecule has 0 spiro atoms. The number of nitrogens with zero attached hydrogens (tertiary/aromatic N) is 3. The molecule has 4 nitrogen and oxygen atoms in total. The summed E-state index contributed by atoms with van der Waals surface area (Å²) in [5.74, 6) is 1.11. The summed E-state index contributed by atoms with van der Waals surface area (Å²) in [4.78, 5) is 4.25. The lowest BCUT2D eigenvalue weighted by Crippen LogP contribution is -2.38. The third-order valence-electron chi connectivity index (χ3n) is 3.69. The zero-order valence-electron chi connectivity index (χ0n) is 11.8. The number of hydrogen-bond donors (Lipinski definition) is 1. The van der Waals surface area contributed by atoms with E-state index in [-0.39, 0.29) is 0 Å². The Hall–Kier alpha value is -1.94. The summed E-state index contributed by atoms with van der Waals surface area (Å²) in [7, 11) is 0. The molecule has 0 saturated carbocycles. The van der Waals surface area contributed by atoms with Crippen molar-refractivity contribution in [2.45, 2.75) is 32.4 Å². The van der Waals surface area contributed by atoms with Gasteiger partial charge in [-0.2, -0.15) is 5.10 Å². The van der Waals surface area contributed by atoms with Gasteiger partial charge in [-0.15, -0.1) is 0 Å². The van der Waals surface area contributed by atoms with Gasteiger partial charge in [0.1, 0.15) is 12.2 Å². The van der Waals surface area contributed by atoms with Crippen molar-refractivity contribution in [2.75, 3.05) is 6.54 Å². The lowest BCUT2D eigenvalue weighted by molar-refractivity contribution is 0.368. The molecule has 3 rings (SSSR count). The van der Waals surface area contributed by atoms with Crippen molar-refractivity contribution in [3.05, 3.63) is 53.6 Å². The lowest BCUT2D eigenvalue weighted by atomic mass is 10.1. The van der Waals surface area contributed by atoms with E-state index >= 15 is 0 Å². The van der Waals surface area contributed by atoms with Gasteiger partial charge < -0.3 is 5.32 Å². The highest BCUT2D eigenvalue weighted by molar-refractivity contribution is 5.52. The highest BCUT2D eigenvalue weighted by Gasteiger charge is 2.18. The van der Waals surface area contributed by atoms with Crippen molar-refractivity contribution in [2.24, 2.45) is 0 Å². The van der Waals surface area contributed by atoms with Crippen LogP contribution in [0.15, 0.2) is 42.2 Å². The number of aryl methyl sites for hydroxylation is 1. The summed E-state index contributed by atoms with van der Waals surface area (Å²) in [5, 5.41) is 7.87. The zero-order chi connectivity index (χ0) is 13.8. The van der Waals surface area contributed by atoms with E-state index in [0.29, 0.717) is 6.04 Å². The Labute approximate surface area is 119 Å². The predicted octanol–water partition coefficient (Wildman–Crippen LogP) is 2.29. The van der Waals surface area contributed by atoms with Crippen LogP contribution in [0.4, 0.5) is 0 Å². The van der Waals surface area contributed by atoms with Gasteiger partial charge in [-0.05, 0) is 18.9 Å². The Morgan fingerprint density at radius 3 is 3.10 bits per heavy atom. The van der Waals surface area contributed by atoms with Crippen LogP contribution in [0.1, 0.15) is 24.7 Å². The quantitative estimate of drug-likeness (QED) is 0.925. The topological polar surface area (TPSA) is 42.7 Å². The summed E-state index contributed by atoms with van der Waals surface area (Å²) in [6.45, 7) is 4.02. The second kappa shape index (κ2) is 6.01. The van der Waals surface area contributed by atoms with Gasteiger partial charge in [0.2, 0.25) is 0 Å². The smallest absolute Gasteiger partial charge is 0.138 e. The molecule has 0 radical (unpaired) electrons. The molecule has 1 aliphatic heterocycles. The molecule has 1 unspecified atom stereocenters. The third-order valence-corrected chi connectivity index (χ3v) is 3.69. The molecule has 2 heterocycles. The molecular formula is C16H20N4. The zero-order valence-corrected chi connectivity index (χ0v) is 11.8. The molecule has 20 heavy (non-hydrogen) atoms. The van der Waals surface area contributed by atoms with Crippen LogP contribution in [0.2, 0.25) is 0 Å². The van der Waals surface area contributed by atoms with E-state index in [1.807, 2.05) is 10.7 Å². The molecule has 1 aromatic carbocycles. The van der Waals surface area contributed by atoms with Crippen LogP contribution in [0.25, 0.3) is 6.08 Å². The molecule has 1 atom stereocenters. The fourth-order valence-corrected chi connectivity index (χ4v) is 2.59. The number of aromatic nitrogens is 3. The van der Waals surface area contributed by atoms with Crippen molar-refractivity contribution in [1.29, 1.82) is 0 Å². The van der Waals surface area contributed by atoms with Crippen LogP contribution in [0.3, 0.4) is 0 Å². The minimum absolute atomic E-state index is 0.489. The summed E-state index contributed by atoms with van der Waals surface area (Å²) in [6.07, 6.45) is 6.03. The monoisotopic (exact) mass is 268 g/mol. The van der Waals surface area contributed by atoms with Crippen LogP contribution in [0.5, 0.6) is 0 Å². The predicted molar refractivity (Wildman–Crippen MR) is 80.2 cm³/mol. The Bertz CT molecular complexity index is 586. The minimum Gasteiger partial charge on any atom is -0.308 e. The standard InChI is InChI=1S/C16H20N4/c1-13(9-14-5-3-2-4-6-14)10-17-15-7-8-16-18-12-19-20(16)11-15/h2-6,9,12,15,17H,7-8,10-11H2,1H3/b13-9+. The van der Waals surface area contributed by atoms with Crippen molar-refractivity contribution in [3.63, 3.8) is 0 Å². The van der Waals surface area contributed by atoms with Crippen LogP contribution >= 0.6 is 0 Å². The van der Waals surface area contributed by atoms with Gasteiger partial charge in [0.05, 0.1) is 6.54 Å². The van der Waals surface area contributed by atoms with Gasteiger partial charge in [-0.25, -0.2) is 9.67 Å². The number of benzene rings is 1. The van der Waals surface area contributed by atoms with Gasteiger partial charge in [0.15, 0.2) is 0 Å². The molecular weight excluding hydrogens is 248 g/mol. The average Bonchev–Trinajstić information content (AvgIpc) is 2.93. The Morgan fingerprint density at radius 2 is 2.25 bits per heavy atom. The Kier molecular flexibility index (Phi) is 3.92. The van der Waals surface area contributed by atoms with Crippen LogP contribution in [-0.2, 0) is 13.0 Å². The van der Waals surface area contributed by atoms with Crippen molar-refractivity contribution < 1.29 is 0 Å². The number of hydrogen-bond acceptors (Lipinski definition) is 3. The maximum absolute atomic E-state index is 4.25. The Balaban J connectivity index is 1.54. The lowest BCUT2D eigenvalue weighted by Gasteiger charge is -2.23. The summed E-state index contributed by atoms with van der Waals surface area (Å²) in [6, 6.07) is 10.9. The second-order valence-electron chi connectivity index (χ2n) is 5.38. The highest BCUT2D eigenvalue weighted by Crippen LogP contribution is 2.12. The maximum Gasteiger partial charge on any atom is 0.138 e. The number of rotatable bonds is 4. The molecule has 2 aromatic rings. The molecule has 0 saturated heterocycles. The van der Waals surface area contributed by atoms with Crippen LogP contribution in [0, 0.1) is 0 Å². The first-order valence-corrected chi connectivity index (χ1v) is 7.13. The largest absolute Gasteiger partial charge is 0.308 e. The van der Waals surface area contributed by atoms with Gasteiger partial charge in [-0.1, -0.05) is 42.0 Å². The van der Waals surface area contributed by atoms with Crippen LogP contribution in [-0.4, -0.2) is 27.4 Å². The van der Waals surface area contributed by atoms with Gasteiger partial charge in [0, 0.05) is 19.0 Å². The van der Waals surface area contributed by atoms with Gasteiger partial charge >= 0.3 is 0 Å². The first-order valence-electron chi connectivity index (χ1n) is 7.13. The van der Waals surface area contributed by atoms with E-state index < -0.39 is 0 Å². The first kappa shape index (κ1) is 13.1. The van der Waals surface area contributed by atoms with Crippen molar-refractivity contribution in [3.8, 4) is 0 Å². The molecule has 1 N–H and O–H groups in total. The third kappa shape index (κ3) is 3.14. The summed E-state index contributed by atoms with van der Waals surface area (Å²) in [5.41, 5.74) is 2.61. The molecule has 104 valence electrons. The van der Waals surface area contributed by atoms with Gasteiger partial charge in [-0.3, -0.25) is 0 Å². The van der Waals surface area contributed by atoms with Crippen molar-refractivity contribution in [1.82, 2.24) is 20.1 Å². The van der Waals surface area contributed by atoms with E-state index in [9.17, 15) is 0 Å².